The number of methoxy groups -OCH3 is 1. The third kappa shape index (κ3) is 6.75. The molecule has 3 aromatic rings. The van der Waals surface area contributed by atoms with E-state index in [0.717, 1.165) is 27.9 Å². The molecule has 37 heavy (non-hydrogen) atoms. The molecule has 3 amide bonds. The summed E-state index contributed by atoms with van der Waals surface area (Å²) in [5.41, 5.74) is 5.77. The quantitative estimate of drug-likeness (QED) is 0.238. The van der Waals surface area contributed by atoms with Crippen LogP contribution in [0.15, 0.2) is 65.6 Å². The SMILES string of the molecule is COc1cc(/C=C2\SC(=S)N(NC(=O)Nc3ccc(Cl)c(Cl)c3)C2=O)ccc1OCc1cccc(C)c1. The highest BCUT2D eigenvalue weighted by molar-refractivity contribution is 8.26. The predicted octanol–water partition coefficient (Wildman–Crippen LogP) is 6.83. The zero-order valence-corrected chi connectivity index (χ0v) is 22.9. The Kier molecular flexibility index (Phi) is 8.60. The van der Waals surface area contributed by atoms with Crippen LogP contribution in [0.5, 0.6) is 11.5 Å². The number of hydrogen-bond acceptors (Lipinski definition) is 6. The molecule has 0 atom stereocenters. The molecule has 0 bridgehead atoms. The van der Waals surface area contributed by atoms with E-state index in [1.54, 1.807) is 37.5 Å². The lowest BCUT2D eigenvalue weighted by Gasteiger charge is -2.16. The zero-order valence-electron chi connectivity index (χ0n) is 19.7. The van der Waals surface area contributed by atoms with Gasteiger partial charge in [0.05, 0.1) is 22.1 Å². The average molecular weight is 575 g/mol. The van der Waals surface area contributed by atoms with Crippen molar-refractivity contribution in [2.24, 2.45) is 0 Å². The Morgan fingerprint density at radius 1 is 1.08 bits per heavy atom. The van der Waals surface area contributed by atoms with Crippen LogP contribution >= 0.6 is 47.2 Å². The second-order valence-electron chi connectivity index (χ2n) is 7.90. The number of nitrogens with one attached hydrogen (secondary N) is 2. The molecule has 7 nitrogen and oxygen atoms in total. The van der Waals surface area contributed by atoms with Gasteiger partial charge in [0.1, 0.15) is 6.61 Å². The van der Waals surface area contributed by atoms with Crippen LogP contribution in [0.4, 0.5) is 10.5 Å². The topological polar surface area (TPSA) is 79.9 Å². The van der Waals surface area contributed by atoms with Crippen molar-refractivity contribution in [2.45, 2.75) is 13.5 Å². The number of aryl methyl sites for hydroxylation is 1. The highest BCUT2D eigenvalue weighted by Gasteiger charge is 2.33. The van der Waals surface area contributed by atoms with E-state index >= 15 is 0 Å². The lowest BCUT2D eigenvalue weighted by atomic mass is 10.1. The fraction of sp³-hybridized carbons (Fsp3) is 0.115. The molecule has 1 aliphatic rings. The maximum Gasteiger partial charge on any atom is 0.338 e. The number of halogens is 2. The van der Waals surface area contributed by atoms with Crippen LogP contribution in [0.2, 0.25) is 10.0 Å². The fourth-order valence-electron chi connectivity index (χ4n) is 3.41. The van der Waals surface area contributed by atoms with Crippen LogP contribution in [0, 0.1) is 6.92 Å². The van der Waals surface area contributed by atoms with Crippen molar-refractivity contribution >= 4 is 75.2 Å². The predicted molar refractivity (Wildman–Crippen MR) is 152 cm³/mol. The largest absolute Gasteiger partial charge is 0.493 e. The molecule has 3 aromatic carbocycles. The summed E-state index contributed by atoms with van der Waals surface area (Å²) in [6, 6.07) is 17.4. The van der Waals surface area contributed by atoms with Gasteiger partial charge in [-0.05, 0) is 66.7 Å². The minimum absolute atomic E-state index is 0.186. The van der Waals surface area contributed by atoms with E-state index in [0.29, 0.717) is 39.3 Å². The molecule has 0 aromatic heterocycles. The summed E-state index contributed by atoms with van der Waals surface area (Å²) in [5.74, 6) is 0.642. The van der Waals surface area contributed by atoms with Gasteiger partial charge in [0, 0.05) is 5.69 Å². The van der Waals surface area contributed by atoms with Gasteiger partial charge in [0.2, 0.25) is 0 Å². The minimum Gasteiger partial charge on any atom is -0.493 e. The molecule has 0 saturated carbocycles. The van der Waals surface area contributed by atoms with Crippen LogP contribution in [-0.4, -0.2) is 28.4 Å². The van der Waals surface area contributed by atoms with Crippen molar-refractivity contribution in [3.63, 3.8) is 0 Å². The molecule has 0 unspecified atom stereocenters. The van der Waals surface area contributed by atoms with Gasteiger partial charge in [0.25, 0.3) is 5.91 Å². The standard InChI is InChI=1S/C26H21Cl2N3O4S2/c1-15-4-3-5-17(10-15)14-35-21-9-6-16(11-22(21)34-2)12-23-24(32)31(26(36)37-23)30-25(33)29-18-7-8-19(27)20(28)13-18/h3-13H,14H2,1-2H3,(H2,29,30,33)/b23-12-. The van der Waals surface area contributed by atoms with Gasteiger partial charge >= 0.3 is 6.03 Å². The number of thiocarbonyl (C=S) groups is 1. The first kappa shape index (κ1) is 26.8. The summed E-state index contributed by atoms with van der Waals surface area (Å²) in [6.45, 7) is 2.42. The van der Waals surface area contributed by atoms with E-state index in [-0.39, 0.29) is 9.34 Å². The zero-order chi connectivity index (χ0) is 26.5. The van der Waals surface area contributed by atoms with Gasteiger partial charge in [-0.2, -0.15) is 5.01 Å². The molecule has 1 saturated heterocycles. The Morgan fingerprint density at radius 3 is 2.62 bits per heavy atom. The van der Waals surface area contributed by atoms with E-state index in [9.17, 15) is 9.59 Å². The number of nitrogens with zero attached hydrogens (tertiary/aromatic N) is 1. The number of carbonyl (C=O) groups is 2. The maximum absolute atomic E-state index is 12.9. The molecule has 1 heterocycles. The maximum atomic E-state index is 12.9. The molecule has 1 fully saturated rings. The van der Waals surface area contributed by atoms with Crippen molar-refractivity contribution in [2.75, 3.05) is 12.4 Å². The van der Waals surface area contributed by atoms with Crippen LogP contribution in [0.3, 0.4) is 0 Å². The monoisotopic (exact) mass is 573 g/mol. The lowest BCUT2D eigenvalue weighted by Crippen LogP contribution is -2.46. The van der Waals surface area contributed by atoms with Crippen molar-refractivity contribution < 1.29 is 19.1 Å². The molecule has 2 N–H and O–H groups in total. The van der Waals surface area contributed by atoms with Gasteiger partial charge in [-0.25, -0.2) is 10.2 Å². The number of anilines is 1. The van der Waals surface area contributed by atoms with Gasteiger partial charge in [-0.1, -0.05) is 70.9 Å². The molecule has 0 radical (unpaired) electrons. The van der Waals surface area contributed by atoms with E-state index in [2.05, 4.69) is 16.8 Å². The van der Waals surface area contributed by atoms with Crippen LogP contribution < -0.4 is 20.2 Å². The number of rotatable bonds is 7. The average Bonchev–Trinajstić information content (AvgIpc) is 3.12. The number of amides is 3. The Bertz CT molecular complexity index is 1410. The second-order valence-corrected chi connectivity index (χ2v) is 10.4. The molecular weight excluding hydrogens is 553 g/mol. The summed E-state index contributed by atoms with van der Waals surface area (Å²) in [6.07, 6.45) is 1.67. The first-order valence-corrected chi connectivity index (χ1v) is 12.9. The Hall–Kier alpha value is -3.24. The number of hydrazine groups is 1. The normalized spacial score (nSPS) is 14.2. The molecule has 4 rings (SSSR count). The van der Waals surface area contributed by atoms with E-state index in [1.807, 2.05) is 31.2 Å². The van der Waals surface area contributed by atoms with Crippen molar-refractivity contribution in [1.82, 2.24) is 10.4 Å². The molecule has 1 aliphatic heterocycles. The first-order chi connectivity index (χ1) is 17.7. The Labute approximate surface area is 233 Å². The number of benzene rings is 3. The highest BCUT2D eigenvalue weighted by Crippen LogP contribution is 2.34. The lowest BCUT2D eigenvalue weighted by molar-refractivity contribution is -0.123. The van der Waals surface area contributed by atoms with Gasteiger partial charge < -0.3 is 14.8 Å². The third-order valence-electron chi connectivity index (χ3n) is 5.15. The summed E-state index contributed by atoms with van der Waals surface area (Å²) in [5, 5.41) is 4.24. The van der Waals surface area contributed by atoms with E-state index in [4.69, 9.17) is 44.9 Å². The van der Waals surface area contributed by atoms with Crippen molar-refractivity contribution in [3.05, 3.63) is 92.3 Å². The van der Waals surface area contributed by atoms with Gasteiger partial charge in [0.15, 0.2) is 15.8 Å². The molecular formula is C26H21Cl2N3O4S2. The number of thioether (sulfide) groups is 1. The summed E-state index contributed by atoms with van der Waals surface area (Å²) >= 11 is 18.2. The highest BCUT2D eigenvalue weighted by atomic mass is 35.5. The summed E-state index contributed by atoms with van der Waals surface area (Å²) in [7, 11) is 1.55. The number of hydrogen-bond donors (Lipinski definition) is 2. The van der Waals surface area contributed by atoms with Crippen LogP contribution in [0.1, 0.15) is 16.7 Å². The first-order valence-electron chi connectivity index (χ1n) is 10.9. The van der Waals surface area contributed by atoms with Crippen LogP contribution in [-0.2, 0) is 11.4 Å². The second kappa shape index (κ2) is 11.9. The smallest absolute Gasteiger partial charge is 0.338 e. The summed E-state index contributed by atoms with van der Waals surface area (Å²) < 4.78 is 11.6. The summed E-state index contributed by atoms with van der Waals surface area (Å²) in [4.78, 5) is 25.7. The Morgan fingerprint density at radius 2 is 1.89 bits per heavy atom. The molecule has 11 heteroatoms. The minimum atomic E-state index is -0.660. The molecule has 0 aliphatic carbocycles. The van der Waals surface area contributed by atoms with Crippen LogP contribution in [0.25, 0.3) is 6.08 Å². The fourth-order valence-corrected chi connectivity index (χ4v) is 4.88. The van der Waals surface area contributed by atoms with E-state index in [1.165, 1.54) is 6.07 Å². The van der Waals surface area contributed by atoms with E-state index < -0.39 is 11.9 Å². The van der Waals surface area contributed by atoms with Gasteiger partial charge in [-0.15, -0.1) is 0 Å². The molecule has 190 valence electrons. The number of carbonyl (C=O) groups excluding carboxylic acids is 2. The molecule has 0 spiro atoms. The third-order valence-corrected chi connectivity index (χ3v) is 7.19. The number of ether oxygens (including phenoxy) is 2. The van der Waals surface area contributed by atoms with Crippen molar-refractivity contribution in [1.29, 1.82) is 0 Å². The van der Waals surface area contributed by atoms with Crippen molar-refractivity contribution in [3.8, 4) is 11.5 Å². The number of urea groups is 1. The Balaban J connectivity index is 1.42. The van der Waals surface area contributed by atoms with Gasteiger partial charge in [-0.3, -0.25) is 4.79 Å².